The van der Waals surface area contributed by atoms with Crippen molar-refractivity contribution >= 4 is 34.2 Å². The van der Waals surface area contributed by atoms with Crippen molar-refractivity contribution < 1.29 is 9.18 Å². The Labute approximate surface area is 168 Å². The lowest BCUT2D eigenvalue weighted by atomic mass is 10.2. The Morgan fingerprint density at radius 1 is 1.11 bits per heavy atom. The third-order valence-corrected chi connectivity index (χ3v) is 4.67. The van der Waals surface area contributed by atoms with E-state index in [0.717, 1.165) is 17.2 Å². The predicted octanol–water partition coefficient (Wildman–Crippen LogP) is 4.14. The maximum Gasteiger partial charge on any atom is 0.297 e. The molecule has 2 aromatic carbocycles. The van der Waals surface area contributed by atoms with Crippen molar-refractivity contribution in [1.82, 2.24) is 24.1 Å². The smallest absolute Gasteiger partial charge is 0.294 e. The van der Waals surface area contributed by atoms with Gasteiger partial charge in [0.15, 0.2) is 5.82 Å². The quantitative estimate of drug-likeness (QED) is 0.542. The van der Waals surface area contributed by atoms with E-state index in [0.29, 0.717) is 27.4 Å². The number of hydrogen-bond donors (Lipinski definition) is 1. The fourth-order valence-electron chi connectivity index (χ4n) is 2.46. The van der Waals surface area contributed by atoms with E-state index in [2.05, 4.69) is 24.8 Å². The Balaban J connectivity index is 1.52. The molecule has 4 rings (SSSR count). The number of nitrogens with one attached hydrogen (secondary N) is 1. The number of anilines is 1. The second-order valence-corrected chi connectivity index (χ2v) is 6.94. The third-order valence-electron chi connectivity index (χ3n) is 3.79. The van der Waals surface area contributed by atoms with Gasteiger partial charge in [0.05, 0.1) is 5.69 Å². The van der Waals surface area contributed by atoms with Crippen LogP contribution in [0.2, 0.25) is 5.02 Å². The Bertz CT molecular complexity index is 1140. The lowest BCUT2D eigenvalue weighted by molar-refractivity contribution is 0.101. The lowest BCUT2D eigenvalue weighted by Crippen LogP contribution is -2.14. The van der Waals surface area contributed by atoms with E-state index >= 15 is 0 Å². The van der Waals surface area contributed by atoms with Crippen LogP contribution in [0.5, 0.6) is 0 Å². The zero-order chi connectivity index (χ0) is 19.7. The third kappa shape index (κ3) is 3.75. The van der Waals surface area contributed by atoms with Crippen molar-refractivity contribution in [2.45, 2.75) is 6.92 Å². The topological polar surface area (TPSA) is 85.6 Å². The number of rotatable bonds is 4. The van der Waals surface area contributed by atoms with Gasteiger partial charge in [0.1, 0.15) is 11.6 Å². The number of aromatic nitrogens is 5. The highest BCUT2D eigenvalue weighted by atomic mass is 35.5. The average molecular weight is 415 g/mol. The van der Waals surface area contributed by atoms with Gasteiger partial charge in [-0.25, -0.2) is 14.1 Å². The molecule has 2 aromatic heterocycles. The van der Waals surface area contributed by atoms with E-state index in [9.17, 15) is 9.18 Å². The highest BCUT2D eigenvalue weighted by Gasteiger charge is 2.17. The SMILES string of the molecule is Cc1nc(C(=O)Nc2nc(-c3ccc(F)cc3)ns2)nn1-c1ccc(Cl)cc1. The van der Waals surface area contributed by atoms with E-state index in [1.807, 2.05) is 0 Å². The minimum atomic E-state index is -0.502. The van der Waals surface area contributed by atoms with E-state index in [1.165, 1.54) is 12.1 Å². The lowest BCUT2D eigenvalue weighted by Gasteiger charge is -2.02. The van der Waals surface area contributed by atoms with E-state index in [4.69, 9.17) is 11.6 Å². The average Bonchev–Trinajstić information content (AvgIpc) is 3.30. The van der Waals surface area contributed by atoms with Gasteiger partial charge in [-0.3, -0.25) is 10.1 Å². The zero-order valence-electron chi connectivity index (χ0n) is 14.4. The molecule has 0 aliphatic carbocycles. The molecule has 0 radical (unpaired) electrons. The molecule has 0 spiro atoms. The van der Waals surface area contributed by atoms with Gasteiger partial charge in [-0.05, 0) is 55.5 Å². The minimum absolute atomic E-state index is 0.00554. The van der Waals surface area contributed by atoms with E-state index in [-0.39, 0.29) is 11.6 Å². The van der Waals surface area contributed by atoms with Crippen molar-refractivity contribution in [3.8, 4) is 17.1 Å². The number of carbonyl (C=O) groups excluding carboxylic acids is 1. The van der Waals surface area contributed by atoms with Crippen LogP contribution in [-0.4, -0.2) is 30.0 Å². The molecule has 7 nitrogen and oxygen atoms in total. The summed E-state index contributed by atoms with van der Waals surface area (Å²) in [6, 6.07) is 12.8. The van der Waals surface area contributed by atoms with Crippen LogP contribution in [0, 0.1) is 12.7 Å². The van der Waals surface area contributed by atoms with Crippen molar-refractivity contribution in [2.24, 2.45) is 0 Å². The molecular formula is C18H12ClFN6OS. The van der Waals surface area contributed by atoms with Gasteiger partial charge in [0.25, 0.3) is 5.91 Å². The van der Waals surface area contributed by atoms with Gasteiger partial charge in [-0.2, -0.15) is 9.36 Å². The molecule has 4 aromatic rings. The fourth-order valence-corrected chi connectivity index (χ4v) is 3.17. The summed E-state index contributed by atoms with van der Waals surface area (Å²) in [5.41, 5.74) is 1.39. The normalized spacial score (nSPS) is 10.8. The molecule has 0 saturated heterocycles. The number of nitrogens with zero attached hydrogens (tertiary/aromatic N) is 5. The van der Waals surface area contributed by atoms with Gasteiger partial charge in [-0.15, -0.1) is 5.10 Å². The van der Waals surface area contributed by atoms with Crippen LogP contribution in [0.25, 0.3) is 17.1 Å². The van der Waals surface area contributed by atoms with Crippen LogP contribution >= 0.6 is 23.1 Å². The maximum atomic E-state index is 13.0. The standard InChI is InChI=1S/C18H12ClFN6OS/c1-10-21-16(24-26(10)14-8-4-12(19)5-9-14)17(27)23-18-22-15(25-28-18)11-2-6-13(20)7-3-11/h2-9H,1H3,(H,22,23,25,27). The molecular weight excluding hydrogens is 403 g/mol. The molecule has 0 aliphatic heterocycles. The van der Waals surface area contributed by atoms with Crippen LogP contribution in [0.4, 0.5) is 9.52 Å². The Morgan fingerprint density at radius 3 is 2.54 bits per heavy atom. The van der Waals surface area contributed by atoms with Crippen LogP contribution in [0.1, 0.15) is 16.4 Å². The molecule has 0 atom stereocenters. The van der Waals surface area contributed by atoms with Crippen molar-refractivity contribution in [3.05, 3.63) is 71.0 Å². The maximum absolute atomic E-state index is 13.0. The molecule has 0 aliphatic rings. The molecule has 0 fully saturated rings. The summed E-state index contributed by atoms with van der Waals surface area (Å²) in [5.74, 6) is 0.113. The Kier molecular flexibility index (Phi) is 4.84. The molecule has 0 unspecified atom stereocenters. The number of halogens is 2. The first kappa shape index (κ1) is 18.2. The van der Waals surface area contributed by atoms with Crippen molar-refractivity contribution in [2.75, 3.05) is 5.32 Å². The van der Waals surface area contributed by atoms with Gasteiger partial charge in [0, 0.05) is 22.1 Å². The van der Waals surface area contributed by atoms with Crippen molar-refractivity contribution in [1.29, 1.82) is 0 Å². The highest BCUT2D eigenvalue weighted by Crippen LogP contribution is 2.22. The van der Waals surface area contributed by atoms with Crippen molar-refractivity contribution in [3.63, 3.8) is 0 Å². The van der Waals surface area contributed by atoms with Gasteiger partial charge < -0.3 is 0 Å². The van der Waals surface area contributed by atoms with Gasteiger partial charge >= 0.3 is 0 Å². The summed E-state index contributed by atoms with van der Waals surface area (Å²) in [7, 11) is 0. The molecule has 0 saturated carbocycles. The predicted molar refractivity (Wildman–Crippen MR) is 104 cm³/mol. The largest absolute Gasteiger partial charge is 0.297 e. The summed E-state index contributed by atoms with van der Waals surface area (Å²) in [6.07, 6.45) is 0. The highest BCUT2D eigenvalue weighted by molar-refractivity contribution is 7.10. The van der Waals surface area contributed by atoms with Crippen LogP contribution in [0.15, 0.2) is 48.5 Å². The van der Waals surface area contributed by atoms with E-state index < -0.39 is 5.91 Å². The molecule has 2 heterocycles. The molecule has 140 valence electrons. The number of aryl methyl sites for hydroxylation is 1. The second kappa shape index (κ2) is 7.45. The van der Waals surface area contributed by atoms with Crippen LogP contribution in [0.3, 0.4) is 0 Å². The molecule has 0 bridgehead atoms. The Morgan fingerprint density at radius 2 is 1.82 bits per heavy atom. The minimum Gasteiger partial charge on any atom is -0.294 e. The van der Waals surface area contributed by atoms with Crippen LogP contribution < -0.4 is 5.32 Å². The molecule has 1 amide bonds. The summed E-state index contributed by atoms with van der Waals surface area (Å²) < 4.78 is 18.8. The Hall–Kier alpha value is -3.17. The number of carbonyl (C=O) groups is 1. The summed E-state index contributed by atoms with van der Waals surface area (Å²) in [5, 5.41) is 7.78. The zero-order valence-corrected chi connectivity index (χ0v) is 16.0. The summed E-state index contributed by atoms with van der Waals surface area (Å²) in [4.78, 5) is 20.9. The second-order valence-electron chi connectivity index (χ2n) is 5.75. The first-order valence-electron chi connectivity index (χ1n) is 8.10. The first-order valence-corrected chi connectivity index (χ1v) is 9.25. The monoisotopic (exact) mass is 414 g/mol. The molecule has 1 N–H and O–H groups in total. The van der Waals surface area contributed by atoms with Crippen LogP contribution in [-0.2, 0) is 0 Å². The number of hydrogen-bond acceptors (Lipinski definition) is 6. The first-order chi connectivity index (χ1) is 13.5. The number of benzene rings is 2. The summed E-state index contributed by atoms with van der Waals surface area (Å²) in [6.45, 7) is 1.75. The molecule has 28 heavy (non-hydrogen) atoms. The summed E-state index contributed by atoms with van der Waals surface area (Å²) >= 11 is 6.92. The van der Waals surface area contributed by atoms with E-state index in [1.54, 1.807) is 48.0 Å². The van der Waals surface area contributed by atoms with Gasteiger partial charge in [-0.1, -0.05) is 11.6 Å². The fraction of sp³-hybridized carbons (Fsp3) is 0.0556. The van der Waals surface area contributed by atoms with Gasteiger partial charge in [0.2, 0.25) is 11.0 Å². The molecule has 10 heteroatoms. The number of amides is 1.